The first-order valence-electron chi connectivity index (χ1n) is 5.21. The highest BCUT2D eigenvalue weighted by atomic mass is 32.2. The molecule has 1 unspecified atom stereocenters. The third kappa shape index (κ3) is 3.54. The van der Waals surface area contributed by atoms with Gasteiger partial charge in [-0.05, 0) is 18.1 Å². The van der Waals surface area contributed by atoms with Crippen molar-refractivity contribution in [3.05, 3.63) is 30.3 Å². The van der Waals surface area contributed by atoms with Crippen molar-refractivity contribution in [2.45, 2.75) is 24.8 Å². The van der Waals surface area contributed by atoms with Crippen molar-refractivity contribution in [3.8, 4) is 0 Å². The highest BCUT2D eigenvalue weighted by molar-refractivity contribution is 7.89. The van der Waals surface area contributed by atoms with Crippen LogP contribution in [0, 0.1) is 5.92 Å². The molecule has 5 nitrogen and oxygen atoms in total. The summed E-state index contributed by atoms with van der Waals surface area (Å²) < 4.78 is 26.2. The van der Waals surface area contributed by atoms with E-state index in [1.165, 1.54) is 12.1 Å². The number of nitrogens with one attached hydrogen (secondary N) is 1. The second-order valence-corrected chi connectivity index (χ2v) is 5.77. The van der Waals surface area contributed by atoms with Crippen molar-refractivity contribution >= 4 is 15.9 Å². The Kier molecular flexibility index (Phi) is 4.25. The first-order chi connectivity index (χ1) is 7.84. The molecule has 1 rings (SSSR count). The Morgan fingerprint density at radius 1 is 1.24 bits per heavy atom. The maximum absolute atomic E-state index is 11.9. The van der Waals surface area contributed by atoms with Crippen LogP contribution in [0.4, 0.5) is 0 Å². The molecule has 1 amide bonds. The maximum atomic E-state index is 11.9. The standard InChI is InChI=1S/C11H16N2O3S/c1-8(2)10(11(12)14)13-17(15,16)9-6-4-3-5-7-9/h3-8,10,13H,1-2H3,(H2,12,14). The van der Waals surface area contributed by atoms with Crippen LogP contribution in [0.2, 0.25) is 0 Å². The second kappa shape index (κ2) is 5.29. The molecule has 1 aromatic rings. The zero-order chi connectivity index (χ0) is 13.1. The largest absolute Gasteiger partial charge is 0.368 e. The number of carbonyl (C=O) groups is 1. The minimum absolute atomic E-state index is 0.118. The Morgan fingerprint density at radius 2 is 1.76 bits per heavy atom. The molecular weight excluding hydrogens is 240 g/mol. The molecule has 1 atom stereocenters. The van der Waals surface area contributed by atoms with Gasteiger partial charge in [-0.15, -0.1) is 0 Å². The van der Waals surface area contributed by atoms with Crippen molar-refractivity contribution < 1.29 is 13.2 Å². The number of benzene rings is 1. The van der Waals surface area contributed by atoms with Gasteiger partial charge in [0.1, 0.15) is 6.04 Å². The van der Waals surface area contributed by atoms with Crippen LogP contribution >= 0.6 is 0 Å². The van der Waals surface area contributed by atoms with E-state index in [9.17, 15) is 13.2 Å². The van der Waals surface area contributed by atoms with Gasteiger partial charge >= 0.3 is 0 Å². The van der Waals surface area contributed by atoms with Gasteiger partial charge in [-0.1, -0.05) is 32.0 Å². The van der Waals surface area contributed by atoms with Gasteiger partial charge in [0.05, 0.1) is 4.90 Å². The molecule has 0 spiro atoms. The Morgan fingerprint density at radius 3 is 2.18 bits per heavy atom. The van der Waals surface area contributed by atoms with Crippen LogP contribution < -0.4 is 10.5 Å². The summed E-state index contributed by atoms with van der Waals surface area (Å²) in [4.78, 5) is 11.3. The van der Waals surface area contributed by atoms with E-state index in [1.807, 2.05) is 0 Å². The molecule has 6 heteroatoms. The number of nitrogens with two attached hydrogens (primary N) is 1. The van der Waals surface area contributed by atoms with Gasteiger partial charge in [0, 0.05) is 0 Å². The van der Waals surface area contributed by atoms with Crippen LogP contribution in [0.15, 0.2) is 35.2 Å². The van der Waals surface area contributed by atoms with E-state index >= 15 is 0 Å². The summed E-state index contributed by atoms with van der Waals surface area (Å²) >= 11 is 0. The van der Waals surface area contributed by atoms with E-state index in [2.05, 4.69) is 4.72 Å². The topological polar surface area (TPSA) is 89.3 Å². The quantitative estimate of drug-likeness (QED) is 0.802. The van der Waals surface area contributed by atoms with Gasteiger partial charge in [0.25, 0.3) is 0 Å². The van der Waals surface area contributed by atoms with Gasteiger partial charge in [-0.3, -0.25) is 4.79 Å². The maximum Gasteiger partial charge on any atom is 0.241 e. The molecule has 0 bridgehead atoms. The summed E-state index contributed by atoms with van der Waals surface area (Å²) in [5.41, 5.74) is 5.16. The van der Waals surface area contributed by atoms with Gasteiger partial charge in [-0.25, -0.2) is 8.42 Å². The molecule has 1 aromatic carbocycles. The zero-order valence-electron chi connectivity index (χ0n) is 9.75. The van der Waals surface area contributed by atoms with Crippen molar-refractivity contribution in [1.82, 2.24) is 4.72 Å². The third-order valence-corrected chi connectivity index (χ3v) is 3.77. The molecule has 0 heterocycles. The summed E-state index contributed by atoms with van der Waals surface area (Å²) in [6, 6.07) is 6.96. The molecule has 0 saturated carbocycles. The minimum atomic E-state index is -3.70. The van der Waals surface area contributed by atoms with Crippen LogP contribution in [0.1, 0.15) is 13.8 Å². The average molecular weight is 256 g/mol. The Labute approximate surface area is 101 Å². The van der Waals surface area contributed by atoms with Crippen molar-refractivity contribution in [2.24, 2.45) is 11.7 Å². The lowest BCUT2D eigenvalue weighted by atomic mass is 10.1. The first kappa shape index (κ1) is 13.7. The highest BCUT2D eigenvalue weighted by Crippen LogP contribution is 2.10. The number of carbonyl (C=O) groups excluding carboxylic acids is 1. The number of rotatable bonds is 5. The minimum Gasteiger partial charge on any atom is -0.368 e. The summed E-state index contributed by atoms with van der Waals surface area (Å²) in [5.74, 6) is -0.884. The lowest BCUT2D eigenvalue weighted by Crippen LogP contribution is -2.47. The summed E-state index contributed by atoms with van der Waals surface area (Å²) in [5, 5.41) is 0. The molecule has 0 aliphatic rings. The van der Waals surface area contributed by atoms with Gasteiger partial charge in [-0.2, -0.15) is 4.72 Å². The van der Waals surface area contributed by atoms with E-state index < -0.39 is 22.0 Å². The fraction of sp³-hybridized carbons (Fsp3) is 0.364. The van der Waals surface area contributed by atoms with E-state index in [0.29, 0.717) is 0 Å². The fourth-order valence-corrected chi connectivity index (χ4v) is 2.73. The second-order valence-electron chi connectivity index (χ2n) is 4.06. The van der Waals surface area contributed by atoms with Crippen LogP contribution in [-0.4, -0.2) is 20.4 Å². The number of amides is 1. The number of primary amides is 1. The molecule has 0 fully saturated rings. The number of sulfonamides is 1. The SMILES string of the molecule is CC(C)C(NS(=O)(=O)c1ccccc1)C(N)=O. The van der Waals surface area contributed by atoms with Gasteiger partial charge in [0.15, 0.2) is 0 Å². The zero-order valence-corrected chi connectivity index (χ0v) is 10.6. The van der Waals surface area contributed by atoms with Gasteiger partial charge in [0.2, 0.25) is 15.9 Å². The molecule has 17 heavy (non-hydrogen) atoms. The lowest BCUT2D eigenvalue weighted by Gasteiger charge is -2.18. The third-order valence-electron chi connectivity index (χ3n) is 2.31. The fourth-order valence-electron chi connectivity index (χ4n) is 1.36. The summed E-state index contributed by atoms with van der Waals surface area (Å²) in [6.07, 6.45) is 0. The monoisotopic (exact) mass is 256 g/mol. The molecular formula is C11H16N2O3S. The van der Waals surface area contributed by atoms with Crippen LogP contribution in [0.5, 0.6) is 0 Å². The predicted molar refractivity (Wildman–Crippen MR) is 64.6 cm³/mol. The van der Waals surface area contributed by atoms with Crippen molar-refractivity contribution in [1.29, 1.82) is 0 Å². The Balaban J connectivity index is 2.97. The van der Waals surface area contributed by atoms with Crippen LogP contribution in [0.3, 0.4) is 0 Å². The van der Waals surface area contributed by atoms with E-state index in [4.69, 9.17) is 5.73 Å². The van der Waals surface area contributed by atoms with Crippen molar-refractivity contribution in [3.63, 3.8) is 0 Å². The van der Waals surface area contributed by atoms with Crippen LogP contribution in [-0.2, 0) is 14.8 Å². The van der Waals surface area contributed by atoms with Crippen LogP contribution in [0.25, 0.3) is 0 Å². The van der Waals surface area contributed by atoms with E-state index in [-0.39, 0.29) is 10.8 Å². The lowest BCUT2D eigenvalue weighted by molar-refractivity contribution is -0.120. The molecule has 94 valence electrons. The number of hydrogen-bond donors (Lipinski definition) is 2. The highest BCUT2D eigenvalue weighted by Gasteiger charge is 2.26. The van der Waals surface area contributed by atoms with Gasteiger partial charge < -0.3 is 5.73 Å². The average Bonchev–Trinajstić information content (AvgIpc) is 2.26. The van der Waals surface area contributed by atoms with E-state index in [1.54, 1.807) is 32.0 Å². The molecule has 3 N–H and O–H groups in total. The van der Waals surface area contributed by atoms with E-state index in [0.717, 1.165) is 0 Å². The summed E-state index contributed by atoms with van der Waals surface area (Å²) in [6.45, 7) is 3.45. The Bertz CT molecular complexity index is 483. The smallest absolute Gasteiger partial charge is 0.241 e. The molecule has 0 aliphatic heterocycles. The molecule has 0 saturated heterocycles. The normalized spacial score (nSPS) is 13.6. The first-order valence-corrected chi connectivity index (χ1v) is 6.69. The molecule has 0 radical (unpaired) electrons. The summed E-state index contributed by atoms with van der Waals surface area (Å²) in [7, 11) is -3.70. The molecule has 0 aromatic heterocycles. The van der Waals surface area contributed by atoms with Crippen molar-refractivity contribution in [2.75, 3.05) is 0 Å². The predicted octanol–water partition coefficient (Wildman–Crippen LogP) is 0.475. The number of hydrogen-bond acceptors (Lipinski definition) is 3. The molecule has 0 aliphatic carbocycles. The Hall–Kier alpha value is -1.40.